The van der Waals surface area contributed by atoms with Gasteiger partial charge in [-0.25, -0.2) is 4.98 Å². The Balaban J connectivity index is 2.12. The van der Waals surface area contributed by atoms with Crippen LogP contribution in [0.4, 0.5) is 0 Å². The third-order valence-electron chi connectivity index (χ3n) is 3.00. The second-order valence-corrected chi connectivity index (χ2v) is 7.23. The van der Waals surface area contributed by atoms with Crippen LogP contribution in [0.2, 0.25) is 0 Å². The minimum Gasteiger partial charge on any atom is -0.481 e. The fourth-order valence-electron chi connectivity index (χ4n) is 1.57. The predicted molar refractivity (Wildman–Crippen MR) is 83.9 cm³/mol. The van der Waals surface area contributed by atoms with Crippen molar-refractivity contribution >= 4 is 34.6 Å². The molecule has 2 heterocycles. The van der Waals surface area contributed by atoms with Crippen molar-refractivity contribution in [2.24, 2.45) is 5.41 Å². The van der Waals surface area contributed by atoms with E-state index in [1.165, 1.54) is 11.3 Å². The van der Waals surface area contributed by atoms with E-state index in [1.54, 1.807) is 32.1 Å². The molecule has 0 saturated carbocycles. The molecule has 2 N–H and O–H groups in total. The van der Waals surface area contributed by atoms with Crippen molar-refractivity contribution in [3.05, 3.63) is 28.1 Å². The van der Waals surface area contributed by atoms with Crippen LogP contribution >= 0.6 is 22.7 Å². The van der Waals surface area contributed by atoms with E-state index in [4.69, 9.17) is 5.11 Å². The molecule has 7 heteroatoms. The second kappa shape index (κ2) is 5.95. The molecule has 112 valence electrons. The average molecular weight is 324 g/mol. The van der Waals surface area contributed by atoms with Crippen molar-refractivity contribution in [2.45, 2.75) is 20.8 Å². The average Bonchev–Trinajstić information content (AvgIpc) is 3.04. The molecule has 2 aromatic heterocycles. The van der Waals surface area contributed by atoms with Gasteiger partial charge in [-0.3, -0.25) is 9.59 Å². The maximum absolute atomic E-state index is 12.2. The topological polar surface area (TPSA) is 79.3 Å². The van der Waals surface area contributed by atoms with E-state index in [0.29, 0.717) is 10.6 Å². The molecular weight excluding hydrogens is 308 g/mol. The Bertz CT molecular complexity index is 660. The number of aliphatic carboxylic acids is 1. The number of nitrogens with one attached hydrogen (secondary N) is 1. The number of hydrogen-bond acceptors (Lipinski definition) is 5. The van der Waals surface area contributed by atoms with E-state index in [1.807, 2.05) is 17.5 Å². The van der Waals surface area contributed by atoms with Crippen molar-refractivity contribution in [2.75, 3.05) is 6.54 Å². The molecule has 0 atom stereocenters. The first-order chi connectivity index (χ1) is 9.81. The molecule has 2 aromatic rings. The summed E-state index contributed by atoms with van der Waals surface area (Å²) < 4.78 is 0. The third-order valence-corrected chi connectivity index (χ3v) is 5.20. The van der Waals surface area contributed by atoms with Crippen molar-refractivity contribution in [3.63, 3.8) is 0 Å². The SMILES string of the molecule is Cc1nc(-c2cccs2)sc1C(=O)NCC(C)(C)C(=O)O. The van der Waals surface area contributed by atoms with Crippen LogP contribution in [0.5, 0.6) is 0 Å². The van der Waals surface area contributed by atoms with E-state index in [-0.39, 0.29) is 12.5 Å². The molecule has 0 aliphatic rings. The summed E-state index contributed by atoms with van der Waals surface area (Å²) in [5, 5.41) is 14.5. The first-order valence-corrected chi connectivity index (χ1v) is 8.04. The van der Waals surface area contributed by atoms with Crippen LogP contribution in [0.25, 0.3) is 9.88 Å². The fourth-order valence-corrected chi connectivity index (χ4v) is 3.35. The molecular formula is C14H16N2O3S2. The number of rotatable bonds is 5. The Labute approximate surface area is 130 Å². The molecule has 0 aromatic carbocycles. The second-order valence-electron chi connectivity index (χ2n) is 5.28. The summed E-state index contributed by atoms with van der Waals surface area (Å²) in [7, 11) is 0. The van der Waals surface area contributed by atoms with Crippen LogP contribution in [-0.4, -0.2) is 28.5 Å². The Hall–Kier alpha value is -1.73. The Morgan fingerprint density at radius 2 is 2.14 bits per heavy atom. The number of amides is 1. The summed E-state index contributed by atoms with van der Waals surface area (Å²) >= 11 is 2.89. The number of hydrogen-bond donors (Lipinski definition) is 2. The molecule has 0 aliphatic heterocycles. The molecule has 0 fully saturated rings. The monoisotopic (exact) mass is 324 g/mol. The lowest BCUT2D eigenvalue weighted by Gasteiger charge is -2.19. The summed E-state index contributed by atoms with van der Waals surface area (Å²) in [6, 6.07) is 3.89. The summed E-state index contributed by atoms with van der Waals surface area (Å²) in [5.41, 5.74) is -0.334. The van der Waals surface area contributed by atoms with Gasteiger partial charge >= 0.3 is 5.97 Å². The number of aryl methyl sites for hydroxylation is 1. The van der Waals surface area contributed by atoms with Crippen LogP contribution in [0.3, 0.4) is 0 Å². The first-order valence-electron chi connectivity index (χ1n) is 6.34. The molecule has 2 rings (SSSR count). The molecule has 0 aliphatic carbocycles. The molecule has 0 unspecified atom stereocenters. The lowest BCUT2D eigenvalue weighted by molar-refractivity contribution is -0.146. The maximum atomic E-state index is 12.2. The van der Waals surface area contributed by atoms with Gasteiger partial charge in [0.1, 0.15) is 9.88 Å². The predicted octanol–water partition coefficient (Wildman–Crippen LogP) is 3.02. The normalized spacial score (nSPS) is 11.4. The van der Waals surface area contributed by atoms with Gasteiger partial charge in [0.2, 0.25) is 0 Å². The number of carbonyl (C=O) groups is 2. The smallest absolute Gasteiger partial charge is 0.310 e. The number of thiazole rings is 1. The molecule has 1 amide bonds. The first kappa shape index (κ1) is 15.7. The van der Waals surface area contributed by atoms with Gasteiger partial charge in [0.25, 0.3) is 5.91 Å². The van der Waals surface area contributed by atoms with Crippen molar-refractivity contribution in [3.8, 4) is 9.88 Å². The van der Waals surface area contributed by atoms with Crippen molar-refractivity contribution in [1.29, 1.82) is 0 Å². The molecule has 0 radical (unpaired) electrons. The van der Waals surface area contributed by atoms with Crippen LogP contribution in [0, 0.1) is 12.3 Å². The van der Waals surface area contributed by atoms with Crippen LogP contribution in [-0.2, 0) is 4.79 Å². The van der Waals surface area contributed by atoms with E-state index in [9.17, 15) is 9.59 Å². The van der Waals surface area contributed by atoms with Crippen LogP contribution < -0.4 is 5.32 Å². The van der Waals surface area contributed by atoms with Crippen molar-refractivity contribution in [1.82, 2.24) is 10.3 Å². The maximum Gasteiger partial charge on any atom is 0.310 e. The summed E-state index contributed by atoms with van der Waals surface area (Å²) in [4.78, 5) is 29.2. The van der Waals surface area contributed by atoms with Gasteiger partial charge in [-0.15, -0.1) is 22.7 Å². The largest absolute Gasteiger partial charge is 0.481 e. The van der Waals surface area contributed by atoms with Gasteiger partial charge in [0.05, 0.1) is 16.0 Å². The zero-order chi connectivity index (χ0) is 15.6. The highest BCUT2D eigenvalue weighted by atomic mass is 32.1. The van der Waals surface area contributed by atoms with Gasteiger partial charge in [-0.1, -0.05) is 6.07 Å². The summed E-state index contributed by atoms with van der Waals surface area (Å²) in [5.74, 6) is -1.22. The summed E-state index contributed by atoms with van der Waals surface area (Å²) in [6.07, 6.45) is 0. The van der Waals surface area contributed by atoms with Gasteiger partial charge in [0, 0.05) is 6.54 Å². The van der Waals surface area contributed by atoms with E-state index < -0.39 is 11.4 Å². The molecule has 0 spiro atoms. The Kier molecular flexibility index (Phi) is 4.43. The summed E-state index contributed by atoms with van der Waals surface area (Å²) in [6.45, 7) is 5.01. The Morgan fingerprint density at radius 3 is 2.71 bits per heavy atom. The highest BCUT2D eigenvalue weighted by molar-refractivity contribution is 7.22. The lowest BCUT2D eigenvalue weighted by atomic mass is 9.94. The third kappa shape index (κ3) is 3.48. The van der Waals surface area contributed by atoms with Gasteiger partial charge in [-0.05, 0) is 32.2 Å². The Morgan fingerprint density at radius 1 is 1.43 bits per heavy atom. The molecule has 0 bridgehead atoms. The van der Waals surface area contributed by atoms with Crippen LogP contribution in [0.15, 0.2) is 17.5 Å². The van der Waals surface area contributed by atoms with E-state index >= 15 is 0 Å². The standard InChI is InChI=1S/C14H16N2O3S2/c1-8-10(11(17)15-7-14(2,3)13(18)19)21-12(16-8)9-5-4-6-20-9/h4-6H,7H2,1-3H3,(H,15,17)(H,18,19). The molecule has 5 nitrogen and oxygen atoms in total. The fraction of sp³-hybridized carbons (Fsp3) is 0.357. The van der Waals surface area contributed by atoms with E-state index in [2.05, 4.69) is 10.3 Å². The number of nitrogens with zero attached hydrogens (tertiary/aromatic N) is 1. The highest BCUT2D eigenvalue weighted by Crippen LogP contribution is 2.31. The van der Waals surface area contributed by atoms with Gasteiger partial charge < -0.3 is 10.4 Å². The number of carboxylic acids is 1. The van der Waals surface area contributed by atoms with Crippen LogP contribution in [0.1, 0.15) is 29.2 Å². The van der Waals surface area contributed by atoms with Crippen molar-refractivity contribution < 1.29 is 14.7 Å². The minimum atomic E-state index is -0.995. The quantitative estimate of drug-likeness (QED) is 0.886. The minimum absolute atomic E-state index is 0.0762. The van der Waals surface area contributed by atoms with Gasteiger partial charge in [-0.2, -0.15) is 0 Å². The highest BCUT2D eigenvalue weighted by Gasteiger charge is 2.28. The molecule has 21 heavy (non-hydrogen) atoms. The lowest BCUT2D eigenvalue weighted by Crippen LogP contribution is -2.38. The number of thiophene rings is 1. The zero-order valence-corrected chi connectivity index (χ0v) is 13.6. The molecule has 0 saturated heterocycles. The zero-order valence-electron chi connectivity index (χ0n) is 12.0. The number of aromatic nitrogens is 1. The van der Waals surface area contributed by atoms with E-state index in [0.717, 1.165) is 9.88 Å². The number of carbonyl (C=O) groups excluding carboxylic acids is 1. The number of carboxylic acid groups (broad SMARTS) is 1. The van der Waals surface area contributed by atoms with Gasteiger partial charge in [0.15, 0.2) is 0 Å².